The second kappa shape index (κ2) is 12.5. The van der Waals surface area contributed by atoms with E-state index in [1.165, 1.54) is 7.11 Å². The van der Waals surface area contributed by atoms with Gasteiger partial charge in [-0.2, -0.15) is 4.98 Å². The number of fused-ring (bicyclic) bond motifs is 1. The predicted molar refractivity (Wildman–Crippen MR) is 178 cm³/mol. The number of para-hydroxylation sites is 1. The number of nitrogens with one attached hydrogen (secondary N) is 2. The fourth-order valence-corrected chi connectivity index (χ4v) is 5.94. The number of nitrogens with zero attached hydrogens (tertiary/aromatic N) is 5. The number of carbonyl (C=O) groups is 2. The van der Waals surface area contributed by atoms with Crippen LogP contribution in [0.25, 0.3) is 10.9 Å². The van der Waals surface area contributed by atoms with Crippen molar-refractivity contribution >= 4 is 50.1 Å². The number of carbonyl (C=O) groups excluding carboxylic acids is 2. The molecule has 1 aliphatic rings. The zero-order chi connectivity index (χ0) is 33.4. The van der Waals surface area contributed by atoms with Gasteiger partial charge in [-0.3, -0.25) is 14.3 Å². The van der Waals surface area contributed by atoms with E-state index in [9.17, 15) is 18.0 Å². The normalized spacial score (nSPS) is 13.9. The second-order valence-electron chi connectivity index (χ2n) is 12.3. The molecule has 4 aromatic rings. The van der Waals surface area contributed by atoms with Gasteiger partial charge in [-0.05, 0) is 35.2 Å². The monoisotopic (exact) mass is 649 g/mol. The summed E-state index contributed by atoms with van der Waals surface area (Å²) in [5.41, 5.74) is 2.02. The maximum Gasteiger partial charge on any atom is 0.272 e. The van der Waals surface area contributed by atoms with E-state index in [0.29, 0.717) is 60.7 Å². The van der Waals surface area contributed by atoms with Crippen molar-refractivity contribution in [3.8, 4) is 17.4 Å². The van der Waals surface area contributed by atoms with E-state index in [1.807, 2.05) is 37.8 Å². The second-order valence-corrected chi connectivity index (χ2v) is 14.0. The standard InChI is InChI=1S/C32H39N7O6S/c1-20(40)38-13-15-39(16-14-38)31-33-12-11-27(35-31)45-26-10-8-9-21-17-25(37(5)28(21)26)30(41)34-23-18-22(32(2,3)4)19-24(29(23)44-6)36-46(7,42)43/h8-12,17-19,36H,13-16H2,1-7H3,(H,34,41). The van der Waals surface area contributed by atoms with Gasteiger partial charge in [-0.15, -0.1) is 0 Å². The van der Waals surface area contributed by atoms with Gasteiger partial charge in [0, 0.05) is 57.8 Å². The number of benzene rings is 2. The molecule has 0 bridgehead atoms. The van der Waals surface area contributed by atoms with Gasteiger partial charge in [0.2, 0.25) is 27.8 Å². The van der Waals surface area contributed by atoms with Crippen molar-refractivity contribution in [3.05, 3.63) is 59.9 Å². The highest BCUT2D eigenvalue weighted by Gasteiger charge is 2.25. The van der Waals surface area contributed by atoms with E-state index < -0.39 is 15.9 Å². The van der Waals surface area contributed by atoms with Crippen LogP contribution >= 0.6 is 0 Å². The number of sulfonamides is 1. The number of anilines is 3. The molecule has 3 heterocycles. The Kier molecular flexibility index (Phi) is 8.85. The molecule has 5 rings (SSSR count). The number of amides is 2. The van der Waals surface area contributed by atoms with Crippen LogP contribution in [0.2, 0.25) is 0 Å². The fourth-order valence-electron chi connectivity index (χ4n) is 5.39. The molecule has 0 unspecified atom stereocenters. The van der Waals surface area contributed by atoms with Gasteiger partial charge in [-0.1, -0.05) is 32.9 Å². The number of methoxy groups -OCH3 is 1. The Morgan fingerprint density at radius 2 is 1.70 bits per heavy atom. The number of hydrogen-bond donors (Lipinski definition) is 2. The van der Waals surface area contributed by atoms with E-state index in [4.69, 9.17) is 9.47 Å². The van der Waals surface area contributed by atoms with Crippen molar-refractivity contribution in [3.63, 3.8) is 0 Å². The Labute approximate surface area is 268 Å². The molecule has 0 saturated carbocycles. The molecule has 0 atom stereocenters. The molecule has 14 heteroatoms. The SMILES string of the molecule is COc1c(NC(=O)c2cc3cccc(Oc4ccnc(N5CCN(C(C)=O)CC5)n4)c3n2C)cc(C(C)(C)C)cc1NS(C)(=O)=O. The van der Waals surface area contributed by atoms with E-state index in [0.717, 1.165) is 17.2 Å². The van der Waals surface area contributed by atoms with Crippen molar-refractivity contribution in [2.24, 2.45) is 7.05 Å². The van der Waals surface area contributed by atoms with Crippen LogP contribution < -0.4 is 24.4 Å². The maximum absolute atomic E-state index is 13.8. The first kappa shape index (κ1) is 32.5. The third-order valence-electron chi connectivity index (χ3n) is 7.79. The van der Waals surface area contributed by atoms with Crippen molar-refractivity contribution in [1.82, 2.24) is 19.4 Å². The maximum atomic E-state index is 13.8. The molecule has 2 amide bonds. The number of hydrogen-bond acceptors (Lipinski definition) is 9. The van der Waals surface area contributed by atoms with E-state index in [2.05, 4.69) is 20.0 Å². The van der Waals surface area contributed by atoms with Crippen molar-refractivity contribution in [1.29, 1.82) is 0 Å². The molecule has 46 heavy (non-hydrogen) atoms. The summed E-state index contributed by atoms with van der Waals surface area (Å²) >= 11 is 0. The Morgan fingerprint density at radius 1 is 1.00 bits per heavy atom. The average Bonchev–Trinajstić information content (AvgIpc) is 3.33. The van der Waals surface area contributed by atoms with Crippen LogP contribution in [0, 0.1) is 0 Å². The lowest BCUT2D eigenvalue weighted by Gasteiger charge is -2.34. The zero-order valence-corrected chi connectivity index (χ0v) is 27.9. The third-order valence-corrected chi connectivity index (χ3v) is 8.38. The summed E-state index contributed by atoms with van der Waals surface area (Å²) in [4.78, 5) is 38.3. The molecule has 2 aromatic heterocycles. The summed E-state index contributed by atoms with van der Waals surface area (Å²) in [5, 5.41) is 3.70. The van der Waals surface area contributed by atoms with Gasteiger partial charge in [0.25, 0.3) is 5.91 Å². The predicted octanol–water partition coefficient (Wildman–Crippen LogP) is 4.36. The summed E-state index contributed by atoms with van der Waals surface area (Å²) in [6.07, 6.45) is 2.69. The number of ether oxygens (including phenoxy) is 2. The first-order chi connectivity index (χ1) is 21.6. The van der Waals surface area contributed by atoms with Crippen molar-refractivity contribution in [2.45, 2.75) is 33.1 Å². The first-order valence-corrected chi connectivity index (χ1v) is 16.6. The molecule has 0 spiro atoms. The van der Waals surface area contributed by atoms with Gasteiger partial charge < -0.3 is 29.2 Å². The van der Waals surface area contributed by atoms with Gasteiger partial charge in [0.1, 0.15) is 5.69 Å². The van der Waals surface area contributed by atoms with E-state index in [1.54, 1.807) is 60.0 Å². The van der Waals surface area contributed by atoms with Crippen LogP contribution in [0.4, 0.5) is 17.3 Å². The van der Waals surface area contributed by atoms with Gasteiger partial charge in [-0.25, -0.2) is 13.4 Å². The zero-order valence-electron chi connectivity index (χ0n) is 27.0. The Bertz CT molecular complexity index is 1910. The van der Waals surface area contributed by atoms with Crippen LogP contribution in [0.3, 0.4) is 0 Å². The number of piperazine rings is 1. The number of rotatable bonds is 8. The molecule has 0 aliphatic carbocycles. The fraction of sp³-hybridized carbons (Fsp3) is 0.375. The largest absolute Gasteiger partial charge is 0.492 e. The molecule has 2 aromatic carbocycles. The molecule has 2 N–H and O–H groups in total. The molecule has 1 fully saturated rings. The summed E-state index contributed by atoms with van der Waals surface area (Å²) in [6.45, 7) is 9.96. The Morgan fingerprint density at radius 3 is 2.33 bits per heavy atom. The highest BCUT2D eigenvalue weighted by atomic mass is 32.2. The van der Waals surface area contributed by atoms with Crippen LogP contribution in [0.15, 0.2) is 48.7 Å². The highest BCUT2D eigenvalue weighted by Crippen LogP contribution is 2.40. The minimum atomic E-state index is -3.63. The summed E-state index contributed by atoms with van der Waals surface area (Å²) in [6, 6.07) is 12.4. The van der Waals surface area contributed by atoms with E-state index >= 15 is 0 Å². The molecule has 244 valence electrons. The quantitative estimate of drug-likeness (QED) is 0.284. The lowest BCUT2D eigenvalue weighted by atomic mass is 9.86. The lowest BCUT2D eigenvalue weighted by Crippen LogP contribution is -2.48. The summed E-state index contributed by atoms with van der Waals surface area (Å²) in [7, 11) is -0.441. The van der Waals surface area contributed by atoms with Crippen LogP contribution in [-0.2, 0) is 27.3 Å². The number of aromatic nitrogens is 3. The first-order valence-electron chi connectivity index (χ1n) is 14.8. The van der Waals surface area contributed by atoms with Gasteiger partial charge >= 0.3 is 0 Å². The van der Waals surface area contributed by atoms with Crippen molar-refractivity contribution < 1.29 is 27.5 Å². The summed E-state index contributed by atoms with van der Waals surface area (Å²) in [5.74, 6) is 1.17. The van der Waals surface area contributed by atoms with Gasteiger partial charge in [0.15, 0.2) is 11.5 Å². The molecular weight excluding hydrogens is 610 g/mol. The third kappa shape index (κ3) is 7.01. The highest BCUT2D eigenvalue weighted by molar-refractivity contribution is 7.92. The molecular formula is C32H39N7O6S. The van der Waals surface area contributed by atoms with Gasteiger partial charge in [0.05, 0.1) is 30.3 Å². The Balaban J connectivity index is 1.44. The minimum Gasteiger partial charge on any atom is -0.492 e. The molecule has 1 saturated heterocycles. The van der Waals surface area contributed by atoms with E-state index in [-0.39, 0.29) is 22.8 Å². The Hall–Kier alpha value is -4.85. The van der Waals surface area contributed by atoms with Crippen LogP contribution in [0.5, 0.6) is 17.4 Å². The van der Waals surface area contributed by atoms with Crippen LogP contribution in [0.1, 0.15) is 43.7 Å². The number of aryl methyl sites for hydroxylation is 1. The molecule has 13 nitrogen and oxygen atoms in total. The average molecular weight is 650 g/mol. The molecule has 0 radical (unpaired) electrons. The lowest BCUT2D eigenvalue weighted by molar-refractivity contribution is -0.129. The smallest absolute Gasteiger partial charge is 0.272 e. The van der Waals surface area contributed by atoms with Crippen molar-refractivity contribution in [2.75, 3.05) is 54.5 Å². The minimum absolute atomic E-state index is 0.0487. The topological polar surface area (TPSA) is 148 Å². The van der Waals surface area contributed by atoms with Crippen LogP contribution in [-0.4, -0.2) is 79.2 Å². The summed E-state index contributed by atoms with van der Waals surface area (Å²) < 4.78 is 40.3. The molecule has 1 aliphatic heterocycles.